The maximum absolute atomic E-state index is 12.5. The van der Waals surface area contributed by atoms with Gasteiger partial charge in [-0.15, -0.1) is 0 Å². The van der Waals surface area contributed by atoms with E-state index < -0.39 is 5.76 Å². The van der Waals surface area contributed by atoms with Gasteiger partial charge in [0.1, 0.15) is 5.03 Å². The third-order valence-electron chi connectivity index (χ3n) is 3.51. The molecule has 0 aliphatic rings. The van der Waals surface area contributed by atoms with Gasteiger partial charge in [0.25, 0.3) is 11.7 Å². The highest BCUT2D eigenvalue weighted by Crippen LogP contribution is 2.26. The van der Waals surface area contributed by atoms with Gasteiger partial charge in [0.05, 0.1) is 5.56 Å². The lowest BCUT2D eigenvalue weighted by atomic mass is 10.2. The molecule has 0 aliphatic heterocycles. The summed E-state index contributed by atoms with van der Waals surface area (Å²) < 4.78 is 25.0. The predicted molar refractivity (Wildman–Crippen MR) is 95.8 cm³/mol. The van der Waals surface area contributed by atoms with Gasteiger partial charge >= 0.3 is 0 Å². The zero-order valence-corrected chi connectivity index (χ0v) is 14.8. The van der Waals surface area contributed by atoms with Crippen molar-refractivity contribution in [1.82, 2.24) is 15.2 Å². The van der Waals surface area contributed by atoms with Crippen LogP contribution in [0.3, 0.4) is 0 Å². The first-order valence-corrected chi connectivity index (χ1v) is 8.84. The second-order valence-electron chi connectivity index (χ2n) is 5.57. The molecule has 0 fully saturated rings. The predicted octanol–water partition coefficient (Wildman–Crippen LogP) is 3.65. The fraction of sp³-hybridized carbons (Fsp3) is 0.333. The fourth-order valence-corrected chi connectivity index (χ4v) is 2.94. The van der Waals surface area contributed by atoms with Gasteiger partial charge in [-0.3, -0.25) is 4.79 Å². The van der Waals surface area contributed by atoms with Crippen LogP contribution in [0.25, 0.3) is 0 Å². The first kappa shape index (κ1) is 19.3. The van der Waals surface area contributed by atoms with E-state index in [2.05, 4.69) is 27.3 Å². The Morgan fingerprint density at radius 1 is 1.24 bits per heavy atom. The van der Waals surface area contributed by atoms with Crippen LogP contribution in [-0.2, 0) is 6.54 Å². The molecule has 0 saturated carbocycles. The maximum atomic E-state index is 12.5. The third-order valence-corrected chi connectivity index (χ3v) is 4.24. The Morgan fingerprint density at radius 2 is 2.00 bits per heavy atom. The number of aromatic nitrogens is 1. The van der Waals surface area contributed by atoms with E-state index in [4.69, 9.17) is 0 Å². The number of benzene rings is 1. The van der Waals surface area contributed by atoms with E-state index in [0.717, 1.165) is 19.5 Å². The summed E-state index contributed by atoms with van der Waals surface area (Å²) in [4.78, 5) is 18.2. The number of nitrogens with zero attached hydrogens (tertiary/aromatic N) is 2. The van der Waals surface area contributed by atoms with E-state index in [1.807, 2.05) is 25.2 Å². The second-order valence-corrected chi connectivity index (χ2v) is 6.55. The van der Waals surface area contributed by atoms with Crippen LogP contribution in [0.4, 0.5) is 8.78 Å². The Kier molecular flexibility index (Phi) is 7.81. The van der Waals surface area contributed by atoms with Gasteiger partial charge in [-0.05, 0) is 49.5 Å². The number of thioether (sulfide) groups is 1. The zero-order chi connectivity index (χ0) is 18.1. The van der Waals surface area contributed by atoms with E-state index in [1.54, 1.807) is 6.07 Å². The van der Waals surface area contributed by atoms with Crippen LogP contribution >= 0.6 is 11.8 Å². The number of nitrogens with one attached hydrogen (secondary N) is 1. The minimum atomic E-state index is -2.60. The van der Waals surface area contributed by atoms with Crippen LogP contribution in [0.15, 0.2) is 53.7 Å². The molecule has 0 aliphatic carbocycles. The molecule has 2 aromatic rings. The topological polar surface area (TPSA) is 45.2 Å². The van der Waals surface area contributed by atoms with Gasteiger partial charge < -0.3 is 10.2 Å². The van der Waals surface area contributed by atoms with Crippen molar-refractivity contribution in [1.29, 1.82) is 0 Å². The molecule has 0 saturated heterocycles. The molecule has 0 atom stereocenters. The molecule has 0 unspecified atom stereocenters. The number of rotatable bonds is 9. The Morgan fingerprint density at radius 3 is 2.72 bits per heavy atom. The van der Waals surface area contributed by atoms with Gasteiger partial charge in [0.15, 0.2) is 0 Å². The van der Waals surface area contributed by atoms with Crippen molar-refractivity contribution < 1.29 is 13.6 Å². The first-order chi connectivity index (χ1) is 12.1. The summed E-state index contributed by atoms with van der Waals surface area (Å²) in [5.74, 6) is -2.98. The van der Waals surface area contributed by atoms with E-state index in [9.17, 15) is 13.6 Å². The molecule has 0 spiro atoms. The molecule has 1 amide bonds. The van der Waals surface area contributed by atoms with Crippen molar-refractivity contribution in [3.8, 4) is 0 Å². The molecule has 134 valence electrons. The molecule has 1 N–H and O–H groups in total. The number of alkyl halides is 2. The van der Waals surface area contributed by atoms with Crippen molar-refractivity contribution in [2.75, 3.05) is 20.1 Å². The molecule has 0 bridgehead atoms. The smallest absolute Gasteiger partial charge is 0.290 e. The molecule has 25 heavy (non-hydrogen) atoms. The number of amides is 1. The highest BCUT2D eigenvalue weighted by molar-refractivity contribution is 7.99. The number of hydrogen-bond acceptors (Lipinski definition) is 4. The zero-order valence-electron chi connectivity index (χ0n) is 14.0. The molecule has 7 heteroatoms. The molecule has 4 nitrogen and oxygen atoms in total. The largest absolute Gasteiger partial charge is 0.352 e. The van der Waals surface area contributed by atoms with Crippen LogP contribution in [0, 0.1) is 0 Å². The normalized spacial score (nSPS) is 11.1. The van der Waals surface area contributed by atoms with E-state index in [0.29, 0.717) is 6.54 Å². The SMILES string of the molecule is CN(CCCNC(=O)c1cccnc1SC(F)F)Cc1ccccc1. The van der Waals surface area contributed by atoms with Gasteiger partial charge in [-0.25, -0.2) is 4.98 Å². The quantitative estimate of drug-likeness (QED) is 0.544. The number of pyridine rings is 1. The Balaban J connectivity index is 1.75. The monoisotopic (exact) mass is 365 g/mol. The van der Waals surface area contributed by atoms with E-state index >= 15 is 0 Å². The van der Waals surface area contributed by atoms with Crippen molar-refractivity contribution in [3.05, 3.63) is 59.8 Å². The summed E-state index contributed by atoms with van der Waals surface area (Å²) >= 11 is 0.285. The summed E-state index contributed by atoms with van der Waals surface area (Å²) in [6.45, 7) is 2.14. The van der Waals surface area contributed by atoms with Crippen molar-refractivity contribution >= 4 is 17.7 Å². The van der Waals surface area contributed by atoms with Crippen LogP contribution < -0.4 is 5.32 Å². The Labute approximate surface area is 150 Å². The van der Waals surface area contributed by atoms with Crippen molar-refractivity contribution in [2.45, 2.75) is 23.7 Å². The van der Waals surface area contributed by atoms with E-state index in [1.165, 1.54) is 17.8 Å². The lowest BCUT2D eigenvalue weighted by molar-refractivity contribution is 0.0948. The molecule has 1 aromatic heterocycles. The highest BCUT2D eigenvalue weighted by Gasteiger charge is 2.16. The average Bonchev–Trinajstić information content (AvgIpc) is 2.59. The number of carbonyl (C=O) groups is 1. The maximum Gasteiger partial charge on any atom is 0.290 e. The minimum Gasteiger partial charge on any atom is -0.352 e. The molecular weight excluding hydrogens is 344 g/mol. The fourth-order valence-electron chi connectivity index (χ4n) is 2.36. The average molecular weight is 365 g/mol. The molecule has 1 aromatic carbocycles. The van der Waals surface area contributed by atoms with Crippen molar-refractivity contribution in [3.63, 3.8) is 0 Å². The van der Waals surface area contributed by atoms with Crippen molar-refractivity contribution in [2.24, 2.45) is 0 Å². The lowest BCUT2D eigenvalue weighted by Crippen LogP contribution is -2.28. The first-order valence-electron chi connectivity index (χ1n) is 7.96. The Hall–Kier alpha value is -1.99. The third kappa shape index (κ3) is 6.80. The summed E-state index contributed by atoms with van der Waals surface area (Å²) in [6.07, 6.45) is 2.17. The van der Waals surface area contributed by atoms with Gasteiger partial charge in [-0.2, -0.15) is 8.78 Å². The molecule has 1 heterocycles. The number of hydrogen-bond donors (Lipinski definition) is 1. The standard InChI is InChI=1S/C18H21F2N3OS/c1-23(13-14-7-3-2-4-8-14)12-6-11-21-16(24)15-9-5-10-22-17(15)25-18(19)20/h2-5,7-10,18H,6,11-13H2,1H3,(H,21,24). The second kappa shape index (κ2) is 10.1. The molecular formula is C18H21F2N3OS. The Bertz CT molecular complexity index is 670. The number of halogens is 2. The number of carbonyl (C=O) groups excluding carboxylic acids is 1. The van der Waals surface area contributed by atoms with Gasteiger partial charge in [-0.1, -0.05) is 30.3 Å². The van der Waals surface area contributed by atoms with Gasteiger partial charge in [0.2, 0.25) is 0 Å². The van der Waals surface area contributed by atoms with Crippen LogP contribution in [-0.4, -0.2) is 41.7 Å². The summed E-state index contributed by atoms with van der Waals surface area (Å²) in [5.41, 5.74) is 1.42. The summed E-state index contributed by atoms with van der Waals surface area (Å²) in [5, 5.41) is 2.82. The summed E-state index contributed by atoms with van der Waals surface area (Å²) in [7, 11) is 2.02. The molecule has 2 rings (SSSR count). The summed E-state index contributed by atoms with van der Waals surface area (Å²) in [6, 6.07) is 13.2. The van der Waals surface area contributed by atoms with Crippen LogP contribution in [0.2, 0.25) is 0 Å². The van der Waals surface area contributed by atoms with Gasteiger partial charge in [0, 0.05) is 19.3 Å². The van der Waals surface area contributed by atoms with E-state index in [-0.39, 0.29) is 28.3 Å². The minimum absolute atomic E-state index is 0.0520. The molecule has 0 radical (unpaired) electrons. The van der Waals surface area contributed by atoms with Crippen LogP contribution in [0.5, 0.6) is 0 Å². The highest BCUT2D eigenvalue weighted by atomic mass is 32.2. The lowest BCUT2D eigenvalue weighted by Gasteiger charge is -2.17. The van der Waals surface area contributed by atoms with Crippen LogP contribution in [0.1, 0.15) is 22.3 Å².